The Balaban J connectivity index is 2.31. The minimum Gasteiger partial charge on any atom is -0.482 e. The molecule has 0 spiro atoms. The largest absolute Gasteiger partial charge is 0.482 e. The average molecular weight is 224 g/mol. The summed E-state index contributed by atoms with van der Waals surface area (Å²) in [6.07, 6.45) is 1.85. The van der Waals surface area contributed by atoms with Crippen molar-refractivity contribution < 1.29 is 4.74 Å². The molecule has 84 valence electrons. The number of methoxy groups -OCH3 is 1. The van der Waals surface area contributed by atoms with E-state index in [2.05, 4.69) is 4.98 Å². The summed E-state index contributed by atoms with van der Waals surface area (Å²) >= 11 is 0. The molecule has 3 heteroatoms. The molecule has 0 aliphatic rings. The van der Waals surface area contributed by atoms with E-state index in [-0.39, 0.29) is 0 Å². The molecule has 0 aliphatic carbocycles. The quantitative estimate of drug-likeness (QED) is 0.669. The monoisotopic (exact) mass is 224 g/mol. The number of fused-ring (bicyclic) bond motifs is 1. The Bertz CT molecular complexity index is 644. The molecule has 0 N–H and O–H groups in total. The standard InChI is InChI=1S/C14H12N2O/c1-17-13-9-5-8-12-10-15-14(16(12)13)11-6-3-2-4-7-11/h2-10H,1H3. The Morgan fingerprint density at radius 2 is 1.82 bits per heavy atom. The number of hydrogen-bond acceptors (Lipinski definition) is 2. The van der Waals surface area contributed by atoms with E-state index in [0.717, 1.165) is 22.8 Å². The molecular formula is C14H12N2O. The van der Waals surface area contributed by atoms with Crippen molar-refractivity contribution in [3.63, 3.8) is 0 Å². The van der Waals surface area contributed by atoms with Gasteiger partial charge >= 0.3 is 0 Å². The molecule has 0 saturated carbocycles. The molecule has 0 saturated heterocycles. The highest BCUT2D eigenvalue weighted by Gasteiger charge is 2.09. The maximum absolute atomic E-state index is 5.37. The number of hydrogen-bond donors (Lipinski definition) is 0. The normalized spacial score (nSPS) is 10.6. The van der Waals surface area contributed by atoms with E-state index in [9.17, 15) is 0 Å². The smallest absolute Gasteiger partial charge is 0.199 e. The fourth-order valence-electron chi connectivity index (χ4n) is 1.97. The predicted molar refractivity (Wildman–Crippen MR) is 67.2 cm³/mol. The zero-order valence-electron chi connectivity index (χ0n) is 9.50. The van der Waals surface area contributed by atoms with Gasteiger partial charge in [0.25, 0.3) is 0 Å². The number of rotatable bonds is 2. The summed E-state index contributed by atoms with van der Waals surface area (Å²) in [4.78, 5) is 4.46. The van der Waals surface area contributed by atoms with Crippen LogP contribution in [0.4, 0.5) is 0 Å². The van der Waals surface area contributed by atoms with E-state index < -0.39 is 0 Å². The van der Waals surface area contributed by atoms with Crippen LogP contribution < -0.4 is 4.74 Å². The second kappa shape index (κ2) is 3.94. The summed E-state index contributed by atoms with van der Waals surface area (Å²) in [5, 5.41) is 0. The van der Waals surface area contributed by atoms with Crippen molar-refractivity contribution in [3.8, 4) is 17.3 Å². The second-order valence-electron chi connectivity index (χ2n) is 3.78. The van der Waals surface area contributed by atoms with Crippen LogP contribution >= 0.6 is 0 Å². The van der Waals surface area contributed by atoms with Gasteiger partial charge in [0.1, 0.15) is 5.82 Å². The first-order chi connectivity index (χ1) is 8.40. The van der Waals surface area contributed by atoms with Crippen molar-refractivity contribution in [1.29, 1.82) is 0 Å². The molecule has 0 atom stereocenters. The van der Waals surface area contributed by atoms with Gasteiger partial charge in [-0.3, -0.25) is 4.40 Å². The topological polar surface area (TPSA) is 26.5 Å². The van der Waals surface area contributed by atoms with Crippen molar-refractivity contribution in [2.75, 3.05) is 7.11 Å². The van der Waals surface area contributed by atoms with Gasteiger partial charge in [-0.1, -0.05) is 36.4 Å². The fraction of sp³-hybridized carbons (Fsp3) is 0.0714. The summed E-state index contributed by atoms with van der Waals surface area (Å²) in [6.45, 7) is 0. The number of benzene rings is 1. The number of ether oxygens (including phenoxy) is 1. The molecule has 3 nitrogen and oxygen atoms in total. The van der Waals surface area contributed by atoms with Gasteiger partial charge in [-0.2, -0.15) is 0 Å². The molecule has 0 bridgehead atoms. The summed E-state index contributed by atoms with van der Waals surface area (Å²) < 4.78 is 7.38. The Kier molecular flexibility index (Phi) is 2.29. The van der Waals surface area contributed by atoms with E-state index in [0.29, 0.717) is 0 Å². The second-order valence-corrected chi connectivity index (χ2v) is 3.78. The molecule has 0 amide bonds. The van der Waals surface area contributed by atoms with Gasteiger partial charge in [0.2, 0.25) is 0 Å². The van der Waals surface area contributed by atoms with Crippen LogP contribution in [0, 0.1) is 0 Å². The van der Waals surface area contributed by atoms with Crippen LogP contribution in [0.15, 0.2) is 54.7 Å². The van der Waals surface area contributed by atoms with Crippen LogP contribution in [-0.2, 0) is 0 Å². The number of imidazole rings is 1. The van der Waals surface area contributed by atoms with Crippen LogP contribution in [0.25, 0.3) is 16.9 Å². The van der Waals surface area contributed by atoms with Crippen LogP contribution in [0.5, 0.6) is 5.88 Å². The first-order valence-electron chi connectivity index (χ1n) is 5.46. The third kappa shape index (κ3) is 1.56. The molecule has 3 rings (SSSR count). The van der Waals surface area contributed by atoms with Crippen molar-refractivity contribution in [3.05, 3.63) is 54.7 Å². The van der Waals surface area contributed by atoms with Gasteiger partial charge in [-0.15, -0.1) is 0 Å². The fourth-order valence-corrected chi connectivity index (χ4v) is 1.97. The van der Waals surface area contributed by atoms with Gasteiger partial charge in [-0.25, -0.2) is 4.98 Å². The van der Waals surface area contributed by atoms with Crippen molar-refractivity contribution >= 4 is 5.52 Å². The van der Waals surface area contributed by atoms with Crippen molar-refractivity contribution in [1.82, 2.24) is 9.38 Å². The lowest BCUT2D eigenvalue weighted by Crippen LogP contribution is -1.95. The number of aromatic nitrogens is 2. The van der Waals surface area contributed by atoms with Crippen LogP contribution in [0.3, 0.4) is 0 Å². The van der Waals surface area contributed by atoms with Gasteiger partial charge < -0.3 is 4.74 Å². The average Bonchev–Trinajstić information content (AvgIpc) is 2.83. The van der Waals surface area contributed by atoms with Gasteiger partial charge in [0.05, 0.1) is 18.8 Å². The molecule has 3 aromatic rings. The van der Waals surface area contributed by atoms with E-state index in [1.54, 1.807) is 7.11 Å². The minimum absolute atomic E-state index is 0.791. The molecule has 2 aromatic heterocycles. The lowest BCUT2D eigenvalue weighted by molar-refractivity contribution is 0.393. The Labute approximate surface area is 99.3 Å². The third-order valence-electron chi connectivity index (χ3n) is 2.76. The molecule has 0 radical (unpaired) electrons. The summed E-state index contributed by atoms with van der Waals surface area (Å²) in [6, 6.07) is 16.0. The maximum Gasteiger partial charge on any atom is 0.199 e. The van der Waals surface area contributed by atoms with E-state index in [1.165, 1.54) is 0 Å². The van der Waals surface area contributed by atoms with E-state index in [1.807, 2.05) is 59.1 Å². The first kappa shape index (κ1) is 9.90. The Morgan fingerprint density at radius 3 is 2.59 bits per heavy atom. The summed E-state index contributed by atoms with van der Waals surface area (Å²) in [5.41, 5.74) is 2.11. The molecule has 0 fully saturated rings. The predicted octanol–water partition coefficient (Wildman–Crippen LogP) is 3.01. The summed E-state index contributed by atoms with van der Waals surface area (Å²) in [7, 11) is 1.67. The van der Waals surface area contributed by atoms with Gasteiger partial charge in [0, 0.05) is 5.56 Å². The van der Waals surface area contributed by atoms with E-state index >= 15 is 0 Å². The van der Waals surface area contributed by atoms with Crippen LogP contribution in [0.2, 0.25) is 0 Å². The molecule has 2 heterocycles. The van der Waals surface area contributed by atoms with Gasteiger partial charge in [-0.05, 0) is 12.1 Å². The lowest BCUT2D eigenvalue weighted by Gasteiger charge is -2.07. The van der Waals surface area contributed by atoms with Gasteiger partial charge in [0.15, 0.2) is 5.88 Å². The minimum atomic E-state index is 0.791. The zero-order valence-corrected chi connectivity index (χ0v) is 9.50. The number of nitrogens with zero attached hydrogens (tertiary/aromatic N) is 2. The third-order valence-corrected chi connectivity index (χ3v) is 2.76. The zero-order chi connectivity index (χ0) is 11.7. The summed E-state index contributed by atoms with van der Waals surface area (Å²) in [5.74, 6) is 1.69. The Hall–Kier alpha value is -2.29. The van der Waals surface area contributed by atoms with Crippen LogP contribution in [-0.4, -0.2) is 16.5 Å². The molecule has 0 unspecified atom stereocenters. The first-order valence-corrected chi connectivity index (χ1v) is 5.46. The highest BCUT2D eigenvalue weighted by Crippen LogP contribution is 2.24. The SMILES string of the molecule is COc1cccc2cnc(-c3ccccc3)n12. The highest BCUT2D eigenvalue weighted by molar-refractivity contribution is 5.63. The van der Waals surface area contributed by atoms with Crippen molar-refractivity contribution in [2.24, 2.45) is 0 Å². The number of pyridine rings is 1. The maximum atomic E-state index is 5.37. The molecular weight excluding hydrogens is 212 g/mol. The molecule has 1 aromatic carbocycles. The molecule has 17 heavy (non-hydrogen) atoms. The van der Waals surface area contributed by atoms with Crippen molar-refractivity contribution in [2.45, 2.75) is 0 Å². The van der Waals surface area contributed by atoms with E-state index in [4.69, 9.17) is 4.74 Å². The molecule has 0 aliphatic heterocycles. The Morgan fingerprint density at radius 1 is 1.00 bits per heavy atom. The van der Waals surface area contributed by atoms with Crippen LogP contribution in [0.1, 0.15) is 0 Å². The highest BCUT2D eigenvalue weighted by atomic mass is 16.5. The lowest BCUT2D eigenvalue weighted by atomic mass is 10.2.